The normalized spacial score (nSPS) is 15.1. The van der Waals surface area contributed by atoms with Crippen LogP contribution < -0.4 is 10.6 Å². The fourth-order valence-electron chi connectivity index (χ4n) is 2.59. The van der Waals surface area contributed by atoms with Crippen LogP contribution >= 0.6 is 0 Å². The van der Waals surface area contributed by atoms with Gasteiger partial charge in [0.1, 0.15) is 11.6 Å². The molecule has 0 unspecified atom stereocenters. The van der Waals surface area contributed by atoms with Crippen LogP contribution in [0.2, 0.25) is 0 Å². The quantitative estimate of drug-likeness (QED) is 0.887. The predicted molar refractivity (Wildman–Crippen MR) is 88.3 cm³/mol. The summed E-state index contributed by atoms with van der Waals surface area (Å²) in [5, 5.41) is 5.75. The molecule has 4 nitrogen and oxygen atoms in total. The lowest BCUT2D eigenvalue weighted by atomic mass is 9.99. The van der Waals surface area contributed by atoms with E-state index in [0.717, 1.165) is 18.9 Å². The second kappa shape index (κ2) is 7.40. The highest BCUT2D eigenvalue weighted by atomic mass is 19.1. The third kappa shape index (κ3) is 4.08. The zero-order valence-electron chi connectivity index (χ0n) is 13.0. The molecule has 1 aliphatic rings. The molecular weight excluding hydrogens is 314 g/mol. The molecule has 0 atom stereocenters. The highest BCUT2D eigenvalue weighted by Gasteiger charge is 2.21. The molecule has 0 spiro atoms. The Hall–Kier alpha value is -2.47. The zero-order chi connectivity index (χ0) is 16.9. The van der Waals surface area contributed by atoms with Crippen LogP contribution in [-0.4, -0.2) is 19.1 Å². The maximum Gasteiger partial charge on any atom is 0.227 e. The van der Waals surface area contributed by atoms with Gasteiger partial charge in [-0.25, -0.2) is 8.78 Å². The maximum absolute atomic E-state index is 13.6. The number of hydrogen-bond donors (Lipinski definition) is 2. The van der Waals surface area contributed by atoms with E-state index in [1.54, 1.807) is 24.3 Å². The smallest absolute Gasteiger partial charge is 0.227 e. The number of anilines is 3. The molecule has 2 aromatic rings. The van der Waals surface area contributed by atoms with Gasteiger partial charge in [0.15, 0.2) is 0 Å². The van der Waals surface area contributed by atoms with Crippen molar-refractivity contribution in [3.8, 4) is 0 Å². The molecule has 1 aliphatic heterocycles. The number of carbonyl (C=O) groups excluding carboxylic acids is 1. The molecule has 126 valence electrons. The predicted octanol–water partition coefficient (Wildman–Crippen LogP) is 4.07. The third-order valence-corrected chi connectivity index (χ3v) is 3.95. The Balaban J connectivity index is 1.61. The summed E-state index contributed by atoms with van der Waals surface area (Å²) >= 11 is 0. The molecule has 0 aromatic heterocycles. The van der Waals surface area contributed by atoms with E-state index in [1.165, 1.54) is 12.1 Å². The number of ether oxygens (including phenoxy) is 1. The summed E-state index contributed by atoms with van der Waals surface area (Å²) in [6.45, 7) is 1.23. The Morgan fingerprint density at radius 1 is 1.00 bits per heavy atom. The van der Waals surface area contributed by atoms with Crippen LogP contribution in [0.1, 0.15) is 12.8 Å². The van der Waals surface area contributed by atoms with Crippen molar-refractivity contribution >= 4 is 23.0 Å². The molecule has 0 aliphatic carbocycles. The van der Waals surface area contributed by atoms with Crippen molar-refractivity contribution < 1.29 is 18.3 Å². The van der Waals surface area contributed by atoms with Crippen LogP contribution in [0.25, 0.3) is 0 Å². The van der Waals surface area contributed by atoms with Crippen molar-refractivity contribution in [2.45, 2.75) is 12.8 Å². The number of carbonyl (C=O) groups is 1. The fraction of sp³-hybridized carbons (Fsp3) is 0.278. The van der Waals surface area contributed by atoms with Crippen molar-refractivity contribution in [3.63, 3.8) is 0 Å². The summed E-state index contributed by atoms with van der Waals surface area (Å²) < 4.78 is 31.8. The van der Waals surface area contributed by atoms with Crippen molar-refractivity contribution in [1.29, 1.82) is 0 Å². The molecule has 0 radical (unpaired) electrons. The lowest BCUT2D eigenvalue weighted by molar-refractivity contribution is -0.122. The Morgan fingerprint density at radius 2 is 1.67 bits per heavy atom. The number of amides is 1. The second-order valence-electron chi connectivity index (χ2n) is 5.70. The first-order chi connectivity index (χ1) is 11.6. The van der Waals surface area contributed by atoms with Gasteiger partial charge in [0.25, 0.3) is 0 Å². The van der Waals surface area contributed by atoms with Crippen LogP contribution in [0.4, 0.5) is 25.8 Å². The zero-order valence-corrected chi connectivity index (χ0v) is 13.0. The van der Waals surface area contributed by atoms with E-state index >= 15 is 0 Å². The van der Waals surface area contributed by atoms with Gasteiger partial charge in [0.2, 0.25) is 5.91 Å². The molecule has 1 fully saturated rings. The Bertz CT molecular complexity index is 713. The first-order valence-electron chi connectivity index (χ1n) is 7.82. The number of halogens is 2. The minimum atomic E-state index is -0.660. The summed E-state index contributed by atoms with van der Waals surface area (Å²) in [6.07, 6.45) is 1.46. The van der Waals surface area contributed by atoms with Crippen LogP contribution in [0.3, 0.4) is 0 Å². The number of nitrogens with one attached hydrogen (secondary N) is 2. The molecule has 24 heavy (non-hydrogen) atoms. The van der Waals surface area contributed by atoms with Gasteiger partial charge in [-0.1, -0.05) is 0 Å². The van der Waals surface area contributed by atoms with Gasteiger partial charge in [0, 0.05) is 36.6 Å². The van der Waals surface area contributed by atoms with E-state index < -0.39 is 11.6 Å². The minimum absolute atomic E-state index is 0.0106. The minimum Gasteiger partial charge on any atom is -0.381 e. The van der Waals surface area contributed by atoms with Gasteiger partial charge in [-0.3, -0.25) is 4.79 Å². The monoisotopic (exact) mass is 332 g/mol. The molecule has 2 aromatic carbocycles. The van der Waals surface area contributed by atoms with E-state index in [9.17, 15) is 13.6 Å². The van der Waals surface area contributed by atoms with Gasteiger partial charge in [-0.15, -0.1) is 0 Å². The Morgan fingerprint density at radius 3 is 2.33 bits per heavy atom. The molecule has 3 rings (SSSR count). The van der Waals surface area contributed by atoms with Crippen molar-refractivity contribution in [2.24, 2.45) is 5.92 Å². The van der Waals surface area contributed by atoms with E-state index in [4.69, 9.17) is 4.74 Å². The summed E-state index contributed by atoms with van der Waals surface area (Å²) in [4.78, 5) is 12.2. The average Bonchev–Trinajstić information content (AvgIpc) is 2.60. The van der Waals surface area contributed by atoms with E-state index in [-0.39, 0.29) is 17.5 Å². The van der Waals surface area contributed by atoms with Crippen LogP contribution in [0, 0.1) is 17.6 Å². The number of hydrogen-bond acceptors (Lipinski definition) is 3. The highest BCUT2D eigenvalue weighted by Crippen LogP contribution is 2.23. The standard InChI is InChI=1S/C18H18F2N2O2/c19-13-1-6-17(16(20)11-13)21-14-2-4-15(5-3-14)22-18(23)12-7-9-24-10-8-12/h1-6,11-12,21H,7-10H2,(H,22,23). The number of benzene rings is 2. The molecule has 1 amide bonds. The van der Waals surface area contributed by atoms with Gasteiger partial charge in [0.05, 0.1) is 5.69 Å². The fourth-order valence-corrected chi connectivity index (χ4v) is 2.59. The molecular formula is C18H18F2N2O2. The molecule has 1 heterocycles. The second-order valence-corrected chi connectivity index (χ2v) is 5.70. The largest absolute Gasteiger partial charge is 0.381 e. The van der Waals surface area contributed by atoms with Gasteiger partial charge in [-0.2, -0.15) is 0 Å². The topological polar surface area (TPSA) is 50.4 Å². The van der Waals surface area contributed by atoms with E-state index in [0.29, 0.717) is 24.6 Å². The molecule has 2 N–H and O–H groups in total. The maximum atomic E-state index is 13.6. The van der Waals surface area contributed by atoms with E-state index in [1.807, 2.05) is 0 Å². The lowest BCUT2D eigenvalue weighted by Gasteiger charge is -2.21. The lowest BCUT2D eigenvalue weighted by Crippen LogP contribution is -2.28. The van der Waals surface area contributed by atoms with Crippen molar-refractivity contribution in [3.05, 3.63) is 54.1 Å². The number of rotatable bonds is 4. The summed E-state index contributed by atoms with van der Waals surface area (Å²) in [6, 6.07) is 10.3. The summed E-state index contributed by atoms with van der Waals surface area (Å²) in [7, 11) is 0. The summed E-state index contributed by atoms with van der Waals surface area (Å²) in [5.74, 6) is -1.32. The van der Waals surface area contributed by atoms with Crippen molar-refractivity contribution in [1.82, 2.24) is 0 Å². The van der Waals surface area contributed by atoms with Crippen LogP contribution in [0.5, 0.6) is 0 Å². The van der Waals surface area contributed by atoms with Crippen LogP contribution in [0.15, 0.2) is 42.5 Å². The van der Waals surface area contributed by atoms with Gasteiger partial charge < -0.3 is 15.4 Å². The van der Waals surface area contributed by atoms with Gasteiger partial charge in [-0.05, 0) is 49.2 Å². The van der Waals surface area contributed by atoms with Crippen molar-refractivity contribution in [2.75, 3.05) is 23.8 Å². The van der Waals surface area contributed by atoms with E-state index in [2.05, 4.69) is 10.6 Å². The third-order valence-electron chi connectivity index (χ3n) is 3.95. The molecule has 6 heteroatoms. The van der Waals surface area contributed by atoms with Gasteiger partial charge >= 0.3 is 0 Å². The summed E-state index contributed by atoms with van der Waals surface area (Å²) in [5.41, 5.74) is 1.51. The van der Waals surface area contributed by atoms with Crippen LogP contribution in [-0.2, 0) is 9.53 Å². The highest BCUT2D eigenvalue weighted by molar-refractivity contribution is 5.92. The molecule has 1 saturated heterocycles. The Labute approximate surface area is 138 Å². The molecule has 0 bridgehead atoms. The molecule has 0 saturated carbocycles. The SMILES string of the molecule is O=C(Nc1ccc(Nc2ccc(F)cc2F)cc1)C1CCOCC1. The Kier molecular flexibility index (Phi) is 5.05. The first kappa shape index (κ1) is 16.4. The first-order valence-corrected chi connectivity index (χ1v) is 7.82. The average molecular weight is 332 g/mol.